The van der Waals surface area contributed by atoms with E-state index in [1.807, 2.05) is 37.3 Å². The van der Waals surface area contributed by atoms with Crippen molar-refractivity contribution in [1.82, 2.24) is 5.32 Å². The third-order valence-electron chi connectivity index (χ3n) is 2.84. The molecule has 0 spiro atoms. The number of nitrogens with one attached hydrogen (secondary N) is 1. The summed E-state index contributed by atoms with van der Waals surface area (Å²) in [4.78, 5) is 12.1. The van der Waals surface area contributed by atoms with E-state index in [0.717, 1.165) is 18.4 Å². The minimum absolute atomic E-state index is 0. The number of hydrogen-bond donors (Lipinski definition) is 2. The van der Waals surface area contributed by atoms with Crippen molar-refractivity contribution in [3.8, 4) is 0 Å². The van der Waals surface area contributed by atoms with E-state index in [-0.39, 0.29) is 30.3 Å². The first-order valence-corrected chi connectivity index (χ1v) is 6.24. The molecule has 0 radical (unpaired) electrons. The highest BCUT2D eigenvalue weighted by Crippen LogP contribution is 2.21. The summed E-state index contributed by atoms with van der Waals surface area (Å²) in [5.41, 5.74) is 6.60. The molecule has 0 saturated heterocycles. The molecule has 1 aromatic rings. The summed E-state index contributed by atoms with van der Waals surface area (Å²) in [7, 11) is 0. The Kier molecular flexibility index (Phi) is 8.42. The van der Waals surface area contributed by atoms with E-state index in [1.54, 1.807) is 0 Å². The van der Waals surface area contributed by atoms with Crippen molar-refractivity contribution in [2.45, 2.75) is 38.6 Å². The smallest absolute Gasteiger partial charge is 0.227 e. The number of hydrogen-bond acceptors (Lipinski definition) is 2. The zero-order valence-corrected chi connectivity index (χ0v) is 11.9. The normalized spacial score (nSPS) is 13.3. The lowest BCUT2D eigenvalue weighted by Gasteiger charge is -2.19. The highest BCUT2D eigenvalue weighted by Gasteiger charge is 2.20. The largest absolute Gasteiger partial charge is 0.352 e. The third-order valence-corrected chi connectivity index (χ3v) is 2.84. The van der Waals surface area contributed by atoms with Gasteiger partial charge in [0.2, 0.25) is 5.91 Å². The summed E-state index contributed by atoms with van der Waals surface area (Å²) in [6.45, 7) is 4.49. The van der Waals surface area contributed by atoms with Gasteiger partial charge in [0.15, 0.2) is 0 Å². The number of carbonyl (C=O) groups is 1. The van der Waals surface area contributed by atoms with Crippen molar-refractivity contribution in [3.63, 3.8) is 0 Å². The summed E-state index contributed by atoms with van der Waals surface area (Å²) in [5, 5.41) is 2.95. The number of nitrogens with two attached hydrogens (primary N) is 1. The molecule has 1 unspecified atom stereocenters. The van der Waals surface area contributed by atoms with Gasteiger partial charge in [0.05, 0.1) is 5.92 Å². The predicted molar refractivity (Wildman–Crippen MR) is 78.0 cm³/mol. The lowest BCUT2D eigenvalue weighted by molar-refractivity contribution is -0.123. The van der Waals surface area contributed by atoms with Gasteiger partial charge in [0.25, 0.3) is 0 Å². The van der Waals surface area contributed by atoms with E-state index in [1.165, 1.54) is 0 Å². The minimum atomic E-state index is -0.0600. The topological polar surface area (TPSA) is 55.1 Å². The van der Waals surface area contributed by atoms with Gasteiger partial charge >= 0.3 is 0 Å². The molecular weight excluding hydrogens is 248 g/mol. The standard InChI is InChI=1S/C14H22N2O.ClH/c1-3-7-13(12-8-5-4-6-9-12)14(17)16-11(2)10-15;/h4-6,8-9,11,13H,3,7,10,15H2,1-2H3,(H,16,17);1H/t11-,13?;/m0./s1. The monoisotopic (exact) mass is 270 g/mol. The Labute approximate surface area is 116 Å². The van der Waals surface area contributed by atoms with Gasteiger partial charge in [0.1, 0.15) is 0 Å². The summed E-state index contributed by atoms with van der Waals surface area (Å²) < 4.78 is 0. The SMILES string of the molecule is CCCC(C(=O)N[C@@H](C)CN)c1ccccc1.Cl. The molecule has 18 heavy (non-hydrogen) atoms. The molecule has 4 heteroatoms. The minimum Gasteiger partial charge on any atom is -0.352 e. The molecule has 0 aromatic heterocycles. The van der Waals surface area contributed by atoms with Gasteiger partial charge in [-0.15, -0.1) is 12.4 Å². The molecule has 0 fully saturated rings. The molecule has 1 aromatic carbocycles. The quantitative estimate of drug-likeness (QED) is 0.834. The fourth-order valence-corrected chi connectivity index (χ4v) is 1.83. The molecule has 0 aliphatic rings. The predicted octanol–water partition coefficient (Wildman–Crippen LogP) is 2.46. The molecule has 0 aliphatic carbocycles. The maximum absolute atomic E-state index is 12.1. The Morgan fingerprint density at radius 3 is 2.44 bits per heavy atom. The molecule has 0 aliphatic heterocycles. The molecule has 0 bridgehead atoms. The second-order valence-electron chi connectivity index (χ2n) is 4.40. The number of halogens is 1. The Hall–Kier alpha value is -1.06. The highest BCUT2D eigenvalue weighted by molar-refractivity contribution is 5.85. The second-order valence-corrected chi connectivity index (χ2v) is 4.40. The maximum Gasteiger partial charge on any atom is 0.227 e. The fourth-order valence-electron chi connectivity index (χ4n) is 1.83. The van der Waals surface area contributed by atoms with E-state index in [0.29, 0.717) is 6.54 Å². The zero-order valence-electron chi connectivity index (χ0n) is 11.1. The molecule has 3 N–H and O–H groups in total. The van der Waals surface area contributed by atoms with Crippen LogP contribution in [0.2, 0.25) is 0 Å². The first-order valence-electron chi connectivity index (χ1n) is 6.24. The molecule has 102 valence electrons. The van der Waals surface area contributed by atoms with Gasteiger partial charge in [-0.25, -0.2) is 0 Å². The van der Waals surface area contributed by atoms with Crippen LogP contribution < -0.4 is 11.1 Å². The van der Waals surface area contributed by atoms with Crippen LogP contribution in [-0.2, 0) is 4.79 Å². The van der Waals surface area contributed by atoms with Crippen LogP contribution in [0.1, 0.15) is 38.2 Å². The maximum atomic E-state index is 12.1. The van der Waals surface area contributed by atoms with Crippen LogP contribution in [0.3, 0.4) is 0 Å². The van der Waals surface area contributed by atoms with E-state index < -0.39 is 0 Å². The van der Waals surface area contributed by atoms with Gasteiger partial charge < -0.3 is 11.1 Å². The van der Waals surface area contributed by atoms with Gasteiger partial charge in [-0.05, 0) is 18.9 Å². The number of rotatable bonds is 6. The lowest BCUT2D eigenvalue weighted by atomic mass is 9.93. The van der Waals surface area contributed by atoms with Gasteiger partial charge in [-0.3, -0.25) is 4.79 Å². The molecule has 0 heterocycles. The van der Waals surface area contributed by atoms with Crippen LogP contribution in [-0.4, -0.2) is 18.5 Å². The summed E-state index contributed by atoms with van der Waals surface area (Å²) in [5.74, 6) is 0.0196. The van der Waals surface area contributed by atoms with Crippen molar-refractivity contribution < 1.29 is 4.79 Å². The van der Waals surface area contributed by atoms with E-state index in [9.17, 15) is 4.79 Å². The van der Waals surface area contributed by atoms with Crippen LogP contribution in [0.4, 0.5) is 0 Å². The van der Waals surface area contributed by atoms with Crippen molar-refractivity contribution in [2.24, 2.45) is 5.73 Å². The van der Waals surface area contributed by atoms with Gasteiger partial charge in [-0.2, -0.15) is 0 Å². The average molecular weight is 271 g/mol. The first-order chi connectivity index (χ1) is 8.19. The molecule has 0 saturated carbocycles. The third kappa shape index (κ3) is 5.07. The van der Waals surface area contributed by atoms with Crippen LogP contribution in [0.15, 0.2) is 30.3 Å². The van der Waals surface area contributed by atoms with Crippen LogP contribution in [0.5, 0.6) is 0 Å². The molecule has 1 rings (SSSR count). The van der Waals surface area contributed by atoms with Crippen molar-refractivity contribution in [2.75, 3.05) is 6.54 Å². The van der Waals surface area contributed by atoms with Gasteiger partial charge in [-0.1, -0.05) is 43.7 Å². The second kappa shape index (κ2) is 8.95. The van der Waals surface area contributed by atoms with Gasteiger partial charge in [0, 0.05) is 12.6 Å². The summed E-state index contributed by atoms with van der Waals surface area (Å²) >= 11 is 0. The van der Waals surface area contributed by atoms with Crippen molar-refractivity contribution in [3.05, 3.63) is 35.9 Å². The van der Waals surface area contributed by atoms with Crippen LogP contribution >= 0.6 is 12.4 Å². The highest BCUT2D eigenvalue weighted by atomic mass is 35.5. The lowest BCUT2D eigenvalue weighted by Crippen LogP contribution is -2.40. The molecular formula is C14H23ClN2O. The van der Waals surface area contributed by atoms with Crippen LogP contribution in [0.25, 0.3) is 0 Å². The van der Waals surface area contributed by atoms with E-state index in [4.69, 9.17) is 5.73 Å². The molecule has 1 amide bonds. The summed E-state index contributed by atoms with van der Waals surface area (Å²) in [6, 6.07) is 9.95. The number of carbonyl (C=O) groups excluding carboxylic acids is 1. The fraction of sp³-hybridized carbons (Fsp3) is 0.500. The van der Waals surface area contributed by atoms with Crippen LogP contribution in [0, 0.1) is 0 Å². The van der Waals surface area contributed by atoms with E-state index in [2.05, 4.69) is 12.2 Å². The van der Waals surface area contributed by atoms with Crippen molar-refractivity contribution >= 4 is 18.3 Å². The summed E-state index contributed by atoms with van der Waals surface area (Å²) in [6.07, 6.45) is 1.86. The van der Waals surface area contributed by atoms with Crippen molar-refractivity contribution in [1.29, 1.82) is 0 Å². The number of benzene rings is 1. The van der Waals surface area contributed by atoms with E-state index >= 15 is 0 Å². The Morgan fingerprint density at radius 1 is 1.33 bits per heavy atom. The number of amides is 1. The zero-order chi connectivity index (χ0) is 12.7. The molecule has 3 nitrogen and oxygen atoms in total. The average Bonchev–Trinajstić information content (AvgIpc) is 2.36. The molecule has 2 atom stereocenters. The Bertz CT molecular complexity index is 343. The first kappa shape index (κ1) is 16.9. The Morgan fingerprint density at radius 2 is 1.94 bits per heavy atom. The Balaban J connectivity index is 0.00000289.